The van der Waals surface area contributed by atoms with Crippen molar-refractivity contribution in [2.24, 2.45) is 0 Å². The summed E-state index contributed by atoms with van der Waals surface area (Å²) in [7, 11) is 0. The topological polar surface area (TPSA) is 66.5 Å². The van der Waals surface area contributed by atoms with Crippen LogP contribution in [0.15, 0.2) is 48.5 Å². The number of carbonyl (C=O) groups excluding carboxylic acids is 3. The van der Waals surface area contributed by atoms with Gasteiger partial charge in [0.1, 0.15) is 12.4 Å². The van der Waals surface area contributed by atoms with Crippen molar-refractivity contribution in [1.82, 2.24) is 5.32 Å². The van der Waals surface area contributed by atoms with Gasteiger partial charge in [0.15, 0.2) is 5.78 Å². The van der Waals surface area contributed by atoms with Gasteiger partial charge in [0.05, 0.1) is 0 Å². The molecule has 0 radical (unpaired) electrons. The summed E-state index contributed by atoms with van der Waals surface area (Å²) in [6, 6.07) is 12.3. The fourth-order valence-electron chi connectivity index (χ4n) is 2.26. The van der Waals surface area contributed by atoms with Crippen molar-refractivity contribution in [2.45, 2.75) is 20.4 Å². The molecule has 0 unspecified atom stereocenters. The zero-order valence-electron chi connectivity index (χ0n) is 14.1. The number of ketones is 1. The Morgan fingerprint density at radius 2 is 1.56 bits per heavy atom. The molecule has 0 spiro atoms. The molecular formula is C19H19FN2O3. The molecule has 0 saturated carbocycles. The van der Waals surface area contributed by atoms with Crippen LogP contribution in [0.25, 0.3) is 0 Å². The molecule has 0 fully saturated rings. The molecular weight excluding hydrogens is 323 g/mol. The Morgan fingerprint density at radius 3 is 2.08 bits per heavy atom. The van der Waals surface area contributed by atoms with E-state index < -0.39 is 0 Å². The van der Waals surface area contributed by atoms with E-state index in [9.17, 15) is 18.8 Å². The van der Waals surface area contributed by atoms with Gasteiger partial charge in [-0.3, -0.25) is 14.4 Å². The molecule has 2 aromatic carbocycles. The first-order chi connectivity index (χ1) is 11.9. The minimum Gasteiger partial charge on any atom is -0.350 e. The van der Waals surface area contributed by atoms with E-state index in [4.69, 9.17) is 0 Å². The molecule has 0 saturated heterocycles. The predicted molar refractivity (Wildman–Crippen MR) is 92.7 cm³/mol. The molecule has 5 nitrogen and oxygen atoms in total. The van der Waals surface area contributed by atoms with Gasteiger partial charge in [-0.1, -0.05) is 12.1 Å². The summed E-state index contributed by atoms with van der Waals surface area (Å²) in [6.45, 7) is 2.93. The summed E-state index contributed by atoms with van der Waals surface area (Å²) < 4.78 is 12.9. The van der Waals surface area contributed by atoms with Crippen molar-refractivity contribution in [2.75, 3.05) is 11.4 Å². The maximum Gasteiger partial charge on any atom is 0.240 e. The van der Waals surface area contributed by atoms with Crippen LogP contribution in [0.1, 0.15) is 29.8 Å². The van der Waals surface area contributed by atoms with Gasteiger partial charge in [0.25, 0.3) is 0 Å². The first-order valence-electron chi connectivity index (χ1n) is 7.77. The van der Waals surface area contributed by atoms with Gasteiger partial charge in [0, 0.05) is 24.7 Å². The average Bonchev–Trinajstić information content (AvgIpc) is 2.59. The Balaban J connectivity index is 2.00. The Hall–Kier alpha value is -3.02. The number of halogens is 1. The van der Waals surface area contributed by atoms with E-state index in [0.717, 1.165) is 5.56 Å². The smallest absolute Gasteiger partial charge is 0.240 e. The summed E-state index contributed by atoms with van der Waals surface area (Å²) in [4.78, 5) is 36.6. The molecule has 25 heavy (non-hydrogen) atoms. The normalized spacial score (nSPS) is 10.2. The number of nitrogens with zero attached hydrogens (tertiary/aromatic N) is 1. The molecule has 0 aromatic heterocycles. The fraction of sp³-hybridized carbons (Fsp3) is 0.211. The zero-order chi connectivity index (χ0) is 18.4. The maximum absolute atomic E-state index is 12.9. The predicted octanol–water partition coefficient (Wildman–Crippen LogP) is 2.70. The molecule has 0 heterocycles. The van der Waals surface area contributed by atoms with Gasteiger partial charge in [0.2, 0.25) is 11.8 Å². The van der Waals surface area contributed by atoms with E-state index in [0.29, 0.717) is 11.3 Å². The third-order valence-corrected chi connectivity index (χ3v) is 3.67. The van der Waals surface area contributed by atoms with Gasteiger partial charge in [-0.2, -0.15) is 0 Å². The van der Waals surface area contributed by atoms with Crippen LogP contribution in [0.5, 0.6) is 0 Å². The summed E-state index contributed by atoms with van der Waals surface area (Å²) in [6.07, 6.45) is 0. The third kappa shape index (κ3) is 5.24. The highest BCUT2D eigenvalue weighted by atomic mass is 19.1. The van der Waals surface area contributed by atoms with E-state index in [1.54, 1.807) is 36.4 Å². The first-order valence-corrected chi connectivity index (χ1v) is 7.77. The van der Waals surface area contributed by atoms with Crippen molar-refractivity contribution in [1.29, 1.82) is 0 Å². The zero-order valence-corrected chi connectivity index (χ0v) is 14.1. The van der Waals surface area contributed by atoms with Crippen LogP contribution in [-0.2, 0) is 16.1 Å². The molecule has 130 valence electrons. The number of amides is 2. The Kier molecular flexibility index (Phi) is 6.00. The van der Waals surface area contributed by atoms with Gasteiger partial charge >= 0.3 is 0 Å². The first kappa shape index (κ1) is 18.3. The third-order valence-electron chi connectivity index (χ3n) is 3.67. The number of carbonyl (C=O) groups is 3. The molecule has 0 aliphatic carbocycles. The quantitative estimate of drug-likeness (QED) is 0.821. The molecule has 2 amide bonds. The Labute approximate surface area is 145 Å². The molecule has 2 rings (SSSR count). The number of benzene rings is 2. The fourth-order valence-corrected chi connectivity index (χ4v) is 2.26. The maximum atomic E-state index is 12.9. The molecule has 0 aliphatic rings. The Bertz CT molecular complexity index is 770. The standard InChI is InChI=1S/C19H19FN2O3/c1-13(23)16-5-9-18(10-6-16)22(14(2)24)12-19(25)21-11-15-3-7-17(20)8-4-15/h3-10H,11-12H2,1-2H3,(H,21,25). The summed E-state index contributed by atoms with van der Waals surface area (Å²) in [5.41, 5.74) is 1.83. The van der Waals surface area contributed by atoms with Gasteiger partial charge in [-0.15, -0.1) is 0 Å². The van der Waals surface area contributed by atoms with E-state index in [1.807, 2.05) is 0 Å². The van der Waals surface area contributed by atoms with Crippen molar-refractivity contribution in [3.63, 3.8) is 0 Å². The van der Waals surface area contributed by atoms with E-state index in [2.05, 4.69) is 5.32 Å². The summed E-state index contributed by atoms with van der Waals surface area (Å²) in [5, 5.41) is 2.69. The lowest BCUT2D eigenvalue weighted by atomic mass is 10.1. The molecule has 1 N–H and O–H groups in total. The lowest BCUT2D eigenvalue weighted by Crippen LogP contribution is -2.39. The molecule has 0 atom stereocenters. The minimum atomic E-state index is -0.341. The van der Waals surface area contributed by atoms with Crippen LogP contribution in [0, 0.1) is 5.82 Å². The van der Waals surface area contributed by atoms with Crippen LogP contribution in [0.2, 0.25) is 0 Å². The lowest BCUT2D eigenvalue weighted by molar-refractivity contribution is -0.123. The van der Waals surface area contributed by atoms with Crippen LogP contribution < -0.4 is 10.2 Å². The number of hydrogen-bond acceptors (Lipinski definition) is 3. The summed E-state index contributed by atoms with van der Waals surface area (Å²) >= 11 is 0. The van der Waals surface area contributed by atoms with Gasteiger partial charge < -0.3 is 10.2 Å². The highest BCUT2D eigenvalue weighted by Crippen LogP contribution is 2.16. The lowest BCUT2D eigenvalue weighted by Gasteiger charge is -2.21. The van der Waals surface area contributed by atoms with Crippen molar-refractivity contribution in [3.8, 4) is 0 Å². The highest BCUT2D eigenvalue weighted by Gasteiger charge is 2.16. The van der Waals surface area contributed by atoms with Crippen LogP contribution in [-0.4, -0.2) is 24.1 Å². The van der Waals surface area contributed by atoms with E-state index in [-0.39, 0.29) is 36.5 Å². The summed E-state index contributed by atoms with van der Waals surface area (Å²) in [5.74, 6) is -1.03. The van der Waals surface area contributed by atoms with Gasteiger partial charge in [-0.05, 0) is 48.9 Å². The number of rotatable bonds is 6. The second-order valence-electron chi connectivity index (χ2n) is 5.61. The Morgan fingerprint density at radius 1 is 0.960 bits per heavy atom. The molecule has 2 aromatic rings. The monoisotopic (exact) mass is 342 g/mol. The minimum absolute atomic E-state index is 0.0713. The van der Waals surface area contributed by atoms with E-state index >= 15 is 0 Å². The second-order valence-corrected chi connectivity index (χ2v) is 5.61. The number of nitrogens with one attached hydrogen (secondary N) is 1. The van der Waals surface area contributed by atoms with Crippen molar-refractivity contribution >= 4 is 23.3 Å². The van der Waals surface area contributed by atoms with Crippen LogP contribution in [0.3, 0.4) is 0 Å². The SMILES string of the molecule is CC(=O)c1ccc(N(CC(=O)NCc2ccc(F)cc2)C(C)=O)cc1. The highest BCUT2D eigenvalue weighted by molar-refractivity contribution is 5.98. The molecule has 0 aliphatic heterocycles. The second kappa shape index (κ2) is 8.19. The molecule has 0 bridgehead atoms. The molecule has 6 heteroatoms. The van der Waals surface area contributed by atoms with E-state index in [1.165, 1.54) is 30.9 Å². The van der Waals surface area contributed by atoms with Gasteiger partial charge in [-0.25, -0.2) is 4.39 Å². The number of hydrogen-bond donors (Lipinski definition) is 1. The number of Topliss-reactive ketones (excluding diaryl/α,β-unsaturated/α-hetero) is 1. The van der Waals surface area contributed by atoms with Crippen molar-refractivity contribution in [3.05, 3.63) is 65.5 Å². The number of anilines is 1. The van der Waals surface area contributed by atoms with Crippen LogP contribution >= 0.6 is 0 Å². The van der Waals surface area contributed by atoms with Crippen molar-refractivity contribution < 1.29 is 18.8 Å². The van der Waals surface area contributed by atoms with Crippen LogP contribution in [0.4, 0.5) is 10.1 Å². The average molecular weight is 342 g/mol. The largest absolute Gasteiger partial charge is 0.350 e.